The molecule has 1 aromatic heterocycles. The Morgan fingerprint density at radius 3 is 2.45 bits per heavy atom. The fourth-order valence-electron chi connectivity index (χ4n) is 1.95. The van der Waals surface area contributed by atoms with Crippen molar-refractivity contribution < 1.29 is 4.79 Å². The van der Waals surface area contributed by atoms with Gasteiger partial charge in [-0.1, -0.05) is 29.8 Å². The zero-order chi connectivity index (χ0) is 16.2. The molecule has 116 valence electrons. The molecule has 0 aliphatic heterocycles. The zero-order valence-corrected chi connectivity index (χ0v) is 13.5. The van der Waals surface area contributed by atoms with Crippen LogP contribution in [0.5, 0.6) is 0 Å². The topological polar surface area (TPSA) is 66.9 Å². The largest absolute Gasteiger partial charge is 0.350 e. The number of hydrogen-bond acceptors (Lipinski definition) is 4. The molecular formula is C17H22N4O. The highest BCUT2D eigenvalue weighted by atomic mass is 16.1. The molecule has 0 radical (unpaired) electrons. The van der Waals surface area contributed by atoms with Crippen LogP contribution in [0.15, 0.2) is 36.7 Å². The summed E-state index contributed by atoms with van der Waals surface area (Å²) in [6.07, 6.45) is 3.07. The number of rotatable bonds is 4. The molecule has 0 bridgehead atoms. The molecule has 0 spiro atoms. The monoisotopic (exact) mass is 298 g/mol. The molecule has 0 saturated heterocycles. The highest BCUT2D eigenvalue weighted by molar-refractivity contribution is 5.93. The quantitative estimate of drug-likeness (QED) is 0.910. The lowest BCUT2D eigenvalue weighted by molar-refractivity contribution is 0.0950. The van der Waals surface area contributed by atoms with E-state index in [-0.39, 0.29) is 11.4 Å². The molecule has 0 aliphatic rings. The predicted molar refractivity (Wildman–Crippen MR) is 87.8 cm³/mol. The Morgan fingerprint density at radius 1 is 1.18 bits per heavy atom. The molecule has 22 heavy (non-hydrogen) atoms. The number of carbonyl (C=O) groups excluding carboxylic acids is 1. The summed E-state index contributed by atoms with van der Waals surface area (Å²) < 4.78 is 0. The summed E-state index contributed by atoms with van der Waals surface area (Å²) in [5, 5.41) is 6.03. The standard InChI is InChI=1S/C17H22N4O/c1-12-6-5-7-13(8-12)9-18-15(22)14-10-19-16(20-11-14)21-17(2,3)4/h5-8,10-11H,9H2,1-4H3,(H,18,22)(H,19,20,21). The molecule has 0 saturated carbocycles. The molecule has 1 heterocycles. The van der Waals surface area contributed by atoms with E-state index in [9.17, 15) is 4.79 Å². The van der Waals surface area contributed by atoms with E-state index >= 15 is 0 Å². The molecule has 5 nitrogen and oxygen atoms in total. The maximum absolute atomic E-state index is 12.1. The lowest BCUT2D eigenvalue weighted by Crippen LogP contribution is -2.28. The van der Waals surface area contributed by atoms with Crippen molar-refractivity contribution in [3.8, 4) is 0 Å². The smallest absolute Gasteiger partial charge is 0.254 e. The number of aryl methyl sites for hydroxylation is 1. The van der Waals surface area contributed by atoms with Gasteiger partial charge in [-0.15, -0.1) is 0 Å². The first-order valence-corrected chi connectivity index (χ1v) is 7.27. The van der Waals surface area contributed by atoms with E-state index in [1.54, 1.807) is 0 Å². The van der Waals surface area contributed by atoms with Crippen molar-refractivity contribution >= 4 is 11.9 Å². The van der Waals surface area contributed by atoms with Gasteiger partial charge in [-0.2, -0.15) is 0 Å². The first-order chi connectivity index (χ1) is 10.3. The number of aromatic nitrogens is 2. The van der Waals surface area contributed by atoms with E-state index < -0.39 is 0 Å². The minimum atomic E-state index is -0.177. The number of hydrogen-bond donors (Lipinski definition) is 2. The van der Waals surface area contributed by atoms with Crippen LogP contribution < -0.4 is 10.6 Å². The zero-order valence-electron chi connectivity index (χ0n) is 13.5. The summed E-state index contributed by atoms with van der Waals surface area (Å²) in [5.41, 5.74) is 2.58. The van der Waals surface area contributed by atoms with Gasteiger partial charge in [0.25, 0.3) is 5.91 Å². The Morgan fingerprint density at radius 2 is 1.86 bits per heavy atom. The van der Waals surface area contributed by atoms with Crippen LogP contribution >= 0.6 is 0 Å². The summed E-state index contributed by atoms with van der Waals surface area (Å²) in [7, 11) is 0. The van der Waals surface area contributed by atoms with Crippen molar-refractivity contribution in [1.82, 2.24) is 15.3 Å². The number of anilines is 1. The number of carbonyl (C=O) groups is 1. The summed E-state index contributed by atoms with van der Waals surface area (Å²) in [4.78, 5) is 20.4. The highest BCUT2D eigenvalue weighted by Gasteiger charge is 2.12. The van der Waals surface area contributed by atoms with Gasteiger partial charge in [-0.3, -0.25) is 4.79 Å². The first-order valence-electron chi connectivity index (χ1n) is 7.27. The molecule has 0 fully saturated rings. The molecule has 5 heteroatoms. The van der Waals surface area contributed by atoms with Gasteiger partial charge < -0.3 is 10.6 Å². The van der Waals surface area contributed by atoms with E-state index in [2.05, 4.69) is 20.6 Å². The van der Waals surface area contributed by atoms with E-state index in [4.69, 9.17) is 0 Å². The van der Waals surface area contributed by atoms with Crippen LogP contribution in [0.2, 0.25) is 0 Å². The van der Waals surface area contributed by atoms with Crippen molar-refractivity contribution in [1.29, 1.82) is 0 Å². The summed E-state index contributed by atoms with van der Waals surface area (Å²) >= 11 is 0. The minimum Gasteiger partial charge on any atom is -0.350 e. The van der Waals surface area contributed by atoms with Gasteiger partial charge in [0.1, 0.15) is 0 Å². The SMILES string of the molecule is Cc1cccc(CNC(=O)c2cnc(NC(C)(C)C)nc2)c1. The van der Waals surface area contributed by atoms with Crippen LogP contribution in [0.1, 0.15) is 42.3 Å². The third kappa shape index (κ3) is 4.84. The van der Waals surface area contributed by atoms with E-state index in [1.165, 1.54) is 18.0 Å². The Bertz CT molecular complexity index is 644. The fourth-order valence-corrected chi connectivity index (χ4v) is 1.95. The lowest BCUT2D eigenvalue weighted by atomic mass is 10.1. The number of benzene rings is 1. The van der Waals surface area contributed by atoms with Crippen LogP contribution in [0.3, 0.4) is 0 Å². The molecule has 2 aromatic rings. The van der Waals surface area contributed by atoms with Gasteiger partial charge in [-0.25, -0.2) is 9.97 Å². The van der Waals surface area contributed by atoms with Gasteiger partial charge in [0.05, 0.1) is 5.56 Å². The number of nitrogens with zero attached hydrogens (tertiary/aromatic N) is 2. The van der Waals surface area contributed by atoms with Crippen molar-refractivity contribution in [3.05, 3.63) is 53.3 Å². The third-order valence-electron chi connectivity index (χ3n) is 2.94. The minimum absolute atomic E-state index is 0.116. The van der Waals surface area contributed by atoms with Crippen molar-refractivity contribution in [2.24, 2.45) is 0 Å². The Kier molecular flexibility index (Phi) is 4.75. The molecule has 0 unspecified atom stereocenters. The average molecular weight is 298 g/mol. The van der Waals surface area contributed by atoms with Crippen LogP contribution in [0, 0.1) is 6.92 Å². The van der Waals surface area contributed by atoms with Crippen LogP contribution in [-0.2, 0) is 6.54 Å². The second kappa shape index (κ2) is 6.56. The van der Waals surface area contributed by atoms with Gasteiger partial charge in [0, 0.05) is 24.5 Å². The van der Waals surface area contributed by atoms with Crippen molar-refractivity contribution in [3.63, 3.8) is 0 Å². The number of amides is 1. The second-order valence-corrected chi connectivity index (χ2v) is 6.34. The van der Waals surface area contributed by atoms with Crippen LogP contribution in [0.4, 0.5) is 5.95 Å². The van der Waals surface area contributed by atoms with Crippen molar-refractivity contribution in [2.45, 2.75) is 39.8 Å². The van der Waals surface area contributed by atoms with Crippen LogP contribution in [-0.4, -0.2) is 21.4 Å². The van der Waals surface area contributed by atoms with E-state index in [0.717, 1.165) is 5.56 Å². The molecule has 2 N–H and O–H groups in total. The van der Waals surface area contributed by atoms with Gasteiger partial charge in [0.15, 0.2) is 0 Å². The Balaban J connectivity index is 1.95. The lowest BCUT2D eigenvalue weighted by Gasteiger charge is -2.20. The maximum atomic E-state index is 12.1. The fraction of sp³-hybridized carbons (Fsp3) is 0.353. The second-order valence-electron chi connectivity index (χ2n) is 6.34. The maximum Gasteiger partial charge on any atom is 0.254 e. The molecule has 1 amide bonds. The van der Waals surface area contributed by atoms with Crippen molar-refractivity contribution in [2.75, 3.05) is 5.32 Å². The molecule has 0 aliphatic carbocycles. The van der Waals surface area contributed by atoms with E-state index in [0.29, 0.717) is 18.1 Å². The van der Waals surface area contributed by atoms with Gasteiger partial charge in [-0.05, 0) is 33.3 Å². The predicted octanol–water partition coefficient (Wildman–Crippen LogP) is 2.93. The van der Waals surface area contributed by atoms with E-state index in [1.807, 2.05) is 52.0 Å². The summed E-state index contributed by atoms with van der Waals surface area (Å²) in [5.74, 6) is 0.339. The highest BCUT2D eigenvalue weighted by Crippen LogP contribution is 2.09. The summed E-state index contributed by atoms with van der Waals surface area (Å²) in [6, 6.07) is 8.04. The third-order valence-corrected chi connectivity index (χ3v) is 2.94. The first kappa shape index (κ1) is 15.9. The molecule has 1 aromatic carbocycles. The van der Waals surface area contributed by atoms with Gasteiger partial charge >= 0.3 is 0 Å². The Hall–Kier alpha value is -2.43. The van der Waals surface area contributed by atoms with Crippen LogP contribution in [0.25, 0.3) is 0 Å². The average Bonchev–Trinajstić information content (AvgIpc) is 2.44. The summed E-state index contributed by atoms with van der Waals surface area (Å²) in [6.45, 7) is 8.60. The molecule has 0 atom stereocenters. The molecular weight excluding hydrogens is 276 g/mol. The number of nitrogens with one attached hydrogen (secondary N) is 2. The normalized spacial score (nSPS) is 11.1. The Labute approximate surface area is 131 Å². The molecule has 2 rings (SSSR count). The van der Waals surface area contributed by atoms with Gasteiger partial charge in [0.2, 0.25) is 5.95 Å².